The van der Waals surface area contributed by atoms with Crippen LogP contribution in [-0.4, -0.2) is 24.4 Å². The van der Waals surface area contributed by atoms with Crippen molar-refractivity contribution in [2.75, 3.05) is 5.32 Å². The summed E-state index contributed by atoms with van der Waals surface area (Å²) in [6.07, 6.45) is -3.90. The number of benzene rings is 1. The number of fused-ring (bicyclic) bond motifs is 1. The minimum absolute atomic E-state index is 0.00403. The Morgan fingerprint density at radius 3 is 2.46 bits per heavy atom. The predicted octanol–water partition coefficient (Wildman–Crippen LogP) is 3.83. The molecule has 0 aliphatic heterocycles. The summed E-state index contributed by atoms with van der Waals surface area (Å²) in [5.74, 6) is -0.00403. The van der Waals surface area contributed by atoms with Gasteiger partial charge in [0.25, 0.3) is 11.4 Å². The number of nitrogens with zero attached hydrogens (tertiary/aromatic N) is 5. The molecule has 0 saturated heterocycles. The summed E-state index contributed by atoms with van der Waals surface area (Å²) < 4.78 is 39.9. The molecule has 0 spiro atoms. The molecule has 0 bridgehead atoms. The van der Waals surface area contributed by atoms with Gasteiger partial charge < -0.3 is 5.32 Å². The third kappa shape index (κ3) is 3.64. The van der Waals surface area contributed by atoms with Crippen LogP contribution in [0.4, 0.5) is 30.2 Å². The molecule has 2 heterocycles. The van der Waals surface area contributed by atoms with Crippen LogP contribution in [0.1, 0.15) is 11.4 Å². The van der Waals surface area contributed by atoms with E-state index in [-0.39, 0.29) is 28.7 Å². The van der Waals surface area contributed by atoms with Crippen LogP contribution in [0.3, 0.4) is 0 Å². The van der Waals surface area contributed by atoms with Crippen molar-refractivity contribution in [2.45, 2.75) is 12.7 Å². The quantitative estimate of drug-likeness (QED) is 0.494. The van der Waals surface area contributed by atoms with E-state index >= 15 is 0 Å². The van der Waals surface area contributed by atoms with E-state index in [4.69, 9.17) is 11.6 Å². The molecule has 10 nitrogen and oxygen atoms in total. The first-order valence-corrected chi connectivity index (χ1v) is 7.73. The molecule has 28 heavy (non-hydrogen) atoms. The SMILES string of the molecule is O=[N+]([O-])c1ccc(NCc2nnc3c(Cl)cc(C(F)(F)F)cn23)c([N+](=O)[O-])c1. The molecule has 0 atom stereocenters. The lowest BCUT2D eigenvalue weighted by atomic mass is 10.2. The highest BCUT2D eigenvalue weighted by molar-refractivity contribution is 6.33. The topological polar surface area (TPSA) is 128 Å². The van der Waals surface area contributed by atoms with E-state index in [9.17, 15) is 33.4 Å². The van der Waals surface area contributed by atoms with Gasteiger partial charge in [-0.1, -0.05) is 11.6 Å². The number of aromatic nitrogens is 3. The van der Waals surface area contributed by atoms with E-state index in [1.807, 2.05) is 0 Å². The molecule has 1 N–H and O–H groups in total. The van der Waals surface area contributed by atoms with Crippen molar-refractivity contribution < 1.29 is 23.0 Å². The Hall–Kier alpha value is -3.48. The third-order valence-corrected chi connectivity index (χ3v) is 3.96. The highest BCUT2D eigenvalue weighted by Gasteiger charge is 2.32. The van der Waals surface area contributed by atoms with Crippen molar-refractivity contribution in [3.05, 3.63) is 67.1 Å². The van der Waals surface area contributed by atoms with Gasteiger partial charge >= 0.3 is 6.18 Å². The number of hydrogen-bond donors (Lipinski definition) is 1. The maximum atomic E-state index is 13.0. The normalized spacial score (nSPS) is 11.6. The first-order chi connectivity index (χ1) is 13.1. The van der Waals surface area contributed by atoms with Gasteiger partial charge in [0.1, 0.15) is 5.69 Å². The molecule has 0 unspecified atom stereocenters. The first kappa shape index (κ1) is 19.3. The number of nitro benzene ring substituents is 2. The average Bonchev–Trinajstić information content (AvgIpc) is 3.02. The zero-order valence-corrected chi connectivity index (χ0v) is 14.2. The number of nitro groups is 2. The Morgan fingerprint density at radius 2 is 1.86 bits per heavy atom. The van der Waals surface area contributed by atoms with Crippen LogP contribution in [0.25, 0.3) is 5.65 Å². The largest absolute Gasteiger partial charge is 0.417 e. The lowest BCUT2D eigenvalue weighted by molar-refractivity contribution is -0.393. The smallest absolute Gasteiger partial charge is 0.372 e. The molecule has 14 heteroatoms. The molecular formula is C14H8ClF3N6O4. The van der Waals surface area contributed by atoms with Gasteiger partial charge in [-0.15, -0.1) is 10.2 Å². The second kappa shape index (κ2) is 6.92. The highest BCUT2D eigenvalue weighted by Crippen LogP contribution is 2.33. The van der Waals surface area contributed by atoms with E-state index in [1.165, 1.54) is 0 Å². The fourth-order valence-corrected chi connectivity index (χ4v) is 2.63. The minimum atomic E-state index is -4.65. The monoisotopic (exact) mass is 416 g/mol. The van der Waals surface area contributed by atoms with Crippen molar-refractivity contribution >= 4 is 34.3 Å². The lowest BCUT2D eigenvalue weighted by Gasteiger charge is -2.09. The maximum Gasteiger partial charge on any atom is 0.417 e. The third-order valence-electron chi connectivity index (χ3n) is 3.68. The number of non-ortho nitro benzene ring substituents is 1. The van der Waals surface area contributed by atoms with Gasteiger partial charge in [0.05, 0.1) is 33.0 Å². The Labute approximate surface area is 157 Å². The number of alkyl halides is 3. The maximum absolute atomic E-state index is 13.0. The van der Waals surface area contributed by atoms with Gasteiger partial charge in [-0.25, -0.2) is 0 Å². The van der Waals surface area contributed by atoms with Gasteiger partial charge in [-0.05, 0) is 12.1 Å². The number of pyridine rings is 1. The van der Waals surface area contributed by atoms with E-state index in [0.717, 1.165) is 28.8 Å². The molecular weight excluding hydrogens is 409 g/mol. The molecule has 0 amide bonds. The predicted molar refractivity (Wildman–Crippen MR) is 90.1 cm³/mol. The van der Waals surface area contributed by atoms with Gasteiger partial charge in [0, 0.05) is 12.3 Å². The van der Waals surface area contributed by atoms with Crippen molar-refractivity contribution in [3.8, 4) is 0 Å². The van der Waals surface area contributed by atoms with E-state index in [2.05, 4.69) is 15.5 Å². The Bertz CT molecular complexity index is 1100. The Morgan fingerprint density at radius 1 is 1.14 bits per heavy atom. The van der Waals surface area contributed by atoms with Crippen LogP contribution >= 0.6 is 11.6 Å². The van der Waals surface area contributed by atoms with E-state index in [1.54, 1.807) is 0 Å². The summed E-state index contributed by atoms with van der Waals surface area (Å²) in [6, 6.07) is 3.65. The summed E-state index contributed by atoms with van der Waals surface area (Å²) in [4.78, 5) is 20.3. The fourth-order valence-electron chi connectivity index (χ4n) is 2.38. The fraction of sp³-hybridized carbons (Fsp3) is 0.143. The highest BCUT2D eigenvalue weighted by atomic mass is 35.5. The zero-order valence-electron chi connectivity index (χ0n) is 13.5. The summed E-state index contributed by atoms with van der Waals surface area (Å²) >= 11 is 5.82. The van der Waals surface area contributed by atoms with E-state index < -0.39 is 33.0 Å². The average molecular weight is 417 g/mol. The second-order valence-electron chi connectivity index (χ2n) is 5.45. The summed E-state index contributed by atoms with van der Waals surface area (Å²) in [5, 5.41) is 31.7. The van der Waals surface area contributed by atoms with Crippen LogP contribution < -0.4 is 5.32 Å². The van der Waals surface area contributed by atoms with Gasteiger partial charge in [-0.3, -0.25) is 24.6 Å². The van der Waals surface area contributed by atoms with Crippen LogP contribution in [0.15, 0.2) is 30.5 Å². The molecule has 2 aromatic heterocycles. The molecule has 0 aliphatic rings. The summed E-state index contributed by atoms with van der Waals surface area (Å²) in [6.45, 7) is -0.253. The van der Waals surface area contributed by atoms with Gasteiger partial charge in [0.2, 0.25) is 0 Å². The zero-order chi connectivity index (χ0) is 20.6. The number of nitrogens with one attached hydrogen (secondary N) is 1. The van der Waals surface area contributed by atoms with Crippen LogP contribution in [0.2, 0.25) is 5.02 Å². The summed E-state index contributed by atoms with van der Waals surface area (Å²) in [5.41, 5.74) is -2.17. The molecule has 0 radical (unpaired) electrons. The lowest BCUT2D eigenvalue weighted by Crippen LogP contribution is -2.10. The molecule has 3 rings (SSSR count). The van der Waals surface area contributed by atoms with Crippen molar-refractivity contribution in [2.24, 2.45) is 0 Å². The molecule has 146 valence electrons. The molecule has 0 fully saturated rings. The number of hydrogen-bond acceptors (Lipinski definition) is 7. The molecule has 0 saturated carbocycles. The molecule has 1 aromatic carbocycles. The van der Waals surface area contributed by atoms with Crippen molar-refractivity contribution in [3.63, 3.8) is 0 Å². The van der Waals surface area contributed by atoms with E-state index in [0.29, 0.717) is 6.07 Å². The van der Waals surface area contributed by atoms with Crippen LogP contribution in [-0.2, 0) is 12.7 Å². The standard InChI is InChI=1S/C14H8ClF3N6O4/c15-9-3-7(14(16,17)18)6-22-12(20-21-13(9)22)5-19-10-2-1-8(23(25)26)4-11(10)24(27)28/h1-4,6,19H,5H2. The number of anilines is 1. The minimum Gasteiger partial charge on any atom is -0.372 e. The van der Waals surface area contributed by atoms with Crippen LogP contribution in [0, 0.1) is 20.2 Å². The first-order valence-electron chi connectivity index (χ1n) is 7.35. The number of rotatable bonds is 5. The van der Waals surface area contributed by atoms with Crippen molar-refractivity contribution in [1.29, 1.82) is 0 Å². The van der Waals surface area contributed by atoms with Crippen molar-refractivity contribution in [1.82, 2.24) is 14.6 Å². The Kier molecular flexibility index (Phi) is 4.77. The summed E-state index contributed by atoms with van der Waals surface area (Å²) in [7, 11) is 0. The molecule has 0 aliphatic carbocycles. The van der Waals surface area contributed by atoms with Gasteiger partial charge in [0.15, 0.2) is 11.5 Å². The number of halogens is 4. The Balaban J connectivity index is 1.95. The van der Waals surface area contributed by atoms with Crippen LogP contribution in [0.5, 0.6) is 0 Å². The van der Waals surface area contributed by atoms with Gasteiger partial charge in [-0.2, -0.15) is 13.2 Å². The molecule has 3 aromatic rings. The second-order valence-corrected chi connectivity index (χ2v) is 5.86.